The number of carbonyl (C=O) groups is 15. The summed E-state index contributed by atoms with van der Waals surface area (Å²) in [5.41, 5.74) is 5.82. The van der Waals surface area contributed by atoms with Gasteiger partial charge < -0.3 is 91.3 Å². The summed E-state index contributed by atoms with van der Waals surface area (Å²) in [6.07, 6.45) is 49.6. The lowest BCUT2D eigenvalue weighted by molar-refractivity contribution is -0.145. The molecule has 143 heavy (non-hydrogen) atoms. The number of hydrogen-bond acceptors (Lipinski definition) is 23. The number of ether oxygens (including phenoxy) is 6. The highest BCUT2D eigenvalue weighted by atomic mass is 16.6. The smallest absolute Gasteiger partial charge is 0.306 e. The van der Waals surface area contributed by atoms with Crippen molar-refractivity contribution in [2.24, 2.45) is 52.6 Å². The van der Waals surface area contributed by atoms with Gasteiger partial charge in [0.15, 0.2) is 5.78 Å². The molecule has 0 saturated heterocycles. The number of unbranched alkanes of at least 4 members (excludes halogenated alkanes) is 33. The molecule has 13 N–H and O–H groups in total. The van der Waals surface area contributed by atoms with Crippen molar-refractivity contribution in [1.82, 2.24) is 36.6 Å². The molecule has 2 saturated carbocycles. The first-order valence-corrected chi connectivity index (χ1v) is 55.3. The molecule has 0 bridgehead atoms. The van der Waals surface area contributed by atoms with Crippen LogP contribution in [-0.4, -0.2) is 241 Å². The van der Waals surface area contributed by atoms with E-state index in [2.05, 4.69) is 36.6 Å². The van der Waals surface area contributed by atoms with Crippen molar-refractivity contribution in [3.63, 3.8) is 0 Å². The number of carboxylic acid groups (broad SMARTS) is 5. The molecule has 820 valence electrons. The third-order valence-corrected chi connectivity index (χ3v) is 28.1. The van der Waals surface area contributed by atoms with Crippen LogP contribution in [0, 0.1) is 46.8 Å². The molecule has 0 radical (unpaired) electrons. The summed E-state index contributed by atoms with van der Waals surface area (Å²) in [5, 5.41) is 62.3. The number of rotatable bonds is 100. The number of H-pyrrole nitrogens is 1. The molecule has 0 unspecified atom stereocenters. The van der Waals surface area contributed by atoms with Crippen molar-refractivity contribution in [3.8, 4) is 0 Å². The highest BCUT2D eigenvalue weighted by molar-refractivity contribution is 5.93. The van der Waals surface area contributed by atoms with E-state index >= 15 is 0 Å². The monoisotopic (exact) mass is 2030 g/mol. The molecule has 3 rings (SSSR count). The molecule has 34 nitrogen and oxygen atoms in total. The zero-order valence-corrected chi connectivity index (χ0v) is 87.5. The van der Waals surface area contributed by atoms with Crippen molar-refractivity contribution >= 4 is 88.3 Å². The number of imidazole rings is 1. The van der Waals surface area contributed by atoms with E-state index in [4.69, 9.17) is 44.4 Å². The molecule has 1 heterocycles. The fraction of sp³-hybridized carbons (Fsp3) is 0.835. The Morgan fingerprint density at radius 3 is 1.10 bits per heavy atom. The lowest BCUT2D eigenvalue weighted by Gasteiger charge is -2.28. The lowest BCUT2D eigenvalue weighted by Crippen LogP contribution is -2.47. The van der Waals surface area contributed by atoms with E-state index in [0.717, 1.165) is 108 Å². The first-order valence-electron chi connectivity index (χ1n) is 55.3. The van der Waals surface area contributed by atoms with E-state index < -0.39 is 82.8 Å². The van der Waals surface area contributed by atoms with Gasteiger partial charge in [-0.1, -0.05) is 206 Å². The van der Waals surface area contributed by atoms with Gasteiger partial charge in [0.25, 0.3) is 0 Å². The number of Topliss-reactive ketones (excluding diaryl/α,β-unsaturated/α-hetero) is 5. The van der Waals surface area contributed by atoms with Gasteiger partial charge in [-0.3, -0.25) is 71.9 Å². The number of nitrogens with two attached hydrogens (primary N) is 1. The highest BCUT2D eigenvalue weighted by Gasteiger charge is 2.36. The van der Waals surface area contributed by atoms with Gasteiger partial charge in [-0.2, -0.15) is 0 Å². The van der Waals surface area contributed by atoms with Crippen LogP contribution in [0.2, 0.25) is 0 Å². The second-order valence-corrected chi connectivity index (χ2v) is 40.9. The Kier molecular flexibility index (Phi) is 76.7. The van der Waals surface area contributed by atoms with Crippen LogP contribution < -0.4 is 32.3 Å². The third-order valence-electron chi connectivity index (χ3n) is 28.1. The van der Waals surface area contributed by atoms with Crippen LogP contribution in [0.4, 0.5) is 0 Å². The quantitative estimate of drug-likeness (QED) is 0.0270. The number of carboxylic acids is 5. The van der Waals surface area contributed by atoms with Crippen LogP contribution in [0.5, 0.6) is 0 Å². The summed E-state index contributed by atoms with van der Waals surface area (Å²) in [6, 6.07) is -1.84. The minimum Gasteiger partial charge on any atom is -0.481 e. The predicted molar refractivity (Wildman–Crippen MR) is 547 cm³/mol. The first kappa shape index (κ1) is 129. The zero-order valence-electron chi connectivity index (χ0n) is 87.5. The summed E-state index contributed by atoms with van der Waals surface area (Å²) in [5.74, 6) is -9.91. The van der Waals surface area contributed by atoms with Gasteiger partial charge >= 0.3 is 29.8 Å². The molecule has 2 aliphatic rings. The lowest BCUT2D eigenvalue weighted by atomic mass is 9.78. The molecule has 5 amide bonds. The van der Waals surface area contributed by atoms with Crippen LogP contribution in [-0.2, 0) is 107 Å². The molecule has 0 aromatic carbocycles. The molecular weight excluding hydrogens is 1840 g/mol. The molecule has 34 heteroatoms. The standard InChI is InChI=1S/C109H188N8O26/c1-109(2,79-97(121)93(110)78-91-82-111-83-116-91)98(122)58-55-88(106(132)133)40-32-31-33-41-92(118)61-64-138-66-68-140-70-72-142-74-75-143-73-71-141-69-67-139-65-63-113-105(131)94(117-102(126)60-57-90(108(136)137)77-96(120)87-53-49-85(50-54-87)81-115-100(124)44-35-28-24-20-16-12-8-4-6-10-14-18-22-26-30-37-46-104(129)130)42-38-39-62-112-101(125)59-56-89(107(134)135)76-95(119)86-51-47-84(48-52-86)80-114-99(123)43-34-27-23-19-15-11-7-3-5-9-13-17-21-25-29-36-45-103(127)128/h82-90,93-94H,3-81,110H2,1-2H3,(H,111,116)(H,112,125)(H,113,131)(H,114,123)(H,115,124)(H,117,126)(H,127,128)(H,129,130)(H,132,133)(H,134,135)(H,136,137)/t84?,85?,86?,87?,88-,89-,90-,93+,94+/m1/s1. The molecule has 2 aliphatic carbocycles. The highest BCUT2D eigenvalue weighted by Crippen LogP contribution is 2.34. The van der Waals surface area contributed by atoms with E-state index in [1.54, 1.807) is 20.0 Å². The molecule has 0 spiro atoms. The van der Waals surface area contributed by atoms with Gasteiger partial charge in [0.2, 0.25) is 29.5 Å². The Bertz CT molecular complexity index is 3630. The van der Waals surface area contributed by atoms with Gasteiger partial charge in [0, 0.05) is 139 Å². The maximum absolute atomic E-state index is 13.8. The maximum atomic E-state index is 13.8. The minimum absolute atomic E-state index is 0.0322. The first-order chi connectivity index (χ1) is 69.0. The number of nitrogens with one attached hydrogen (secondary N) is 6. The number of hydrogen-bond donors (Lipinski definition) is 12. The fourth-order valence-electron chi connectivity index (χ4n) is 18.7. The average molecular weight is 2030 g/mol. The van der Waals surface area contributed by atoms with Gasteiger partial charge in [0.1, 0.15) is 29.2 Å². The summed E-state index contributed by atoms with van der Waals surface area (Å²) in [4.78, 5) is 197. The van der Waals surface area contributed by atoms with Gasteiger partial charge in [-0.25, -0.2) is 4.98 Å². The van der Waals surface area contributed by atoms with Crippen LogP contribution in [0.15, 0.2) is 12.5 Å². The summed E-state index contributed by atoms with van der Waals surface area (Å²) in [6.45, 7) is 8.06. The number of ketones is 5. The fourth-order valence-corrected chi connectivity index (χ4v) is 18.7. The second-order valence-electron chi connectivity index (χ2n) is 40.9. The largest absolute Gasteiger partial charge is 0.481 e. The van der Waals surface area contributed by atoms with Crippen molar-refractivity contribution < 1.29 is 126 Å². The number of amides is 5. The topological polar surface area (TPSA) is 527 Å². The summed E-state index contributed by atoms with van der Waals surface area (Å²) in [7, 11) is 0. The van der Waals surface area contributed by atoms with Crippen LogP contribution in [0.1, 0.15) is 418 Å². The average Bonchev–Trinajstić information content (AvgIpc) is 1.52. The Morgan fingerprint density at radius 2 is 0.713 bits per heavy atom. The molecular formula is C109H188N8O26. The number of aliphatic carboxylic acids is 5. The predicted octanol–water partition coefficient (Wildman–Crippen LogP) is 17.2. The number of carbonyl (C=O) groups excluding carboxylic acids is 10. The van der Waals surface area contributed by atoms with Crippen molar-refractivity contribution in [2.45, 2.75) is 430 Å². The number of aromatic nitrogens is 2. The Balaban J connectivity index is 1.32. The Labute approximate surface area is 853 Å². The second kappa shape index (κ2) is 85.0. The number of nitrogens with zero attached hydrogens (tertiary/aromatic N) is 1. The molecule has 1 aromatic rings. The van der Waals surface area contributed by atoms with E-state index in [0.29, 0.717) is 143 Å². The number of aromatic amines is 1. The van der Waals surface area contributed by atoms with E-state index in [1.807, 2.05) is 0 Å². The Hall–Kier alpha value is -8.02. The maximum Gasteiger partial charge on any atom is 0.306 e. The zero-order chi connectivity index (χ0) is 104. The SMILES string of the molecule is CC(C)(CC(=O)[C@@H](N)Cc1cnc[nH]1)C(=O)CC[C@@H](CCCCCC(=O)CCOCCOCCOCCOCCOCCOCCNC(=O)[C@H](CCCCNC(=O)CC[C@H](CC(=O)C1CCC(CNC(=O)CCCCCCCCCCCCCCCCCCC(=O)O)CC1)C(=O)O)NC(=O)CC[C@H](CC(=O)C1CCC(CNC(=O)CCCCCCCCCCCCCCCCCCC(=O)O)CC1)C(=O)O)C(=O)O. The molecule has 0 aliphatic heterocycles. The van der Waals surface area contributed by atoms with Crippen molar-refractivity contribution in [2.75, 3.05) is 105 Å². The molecule has 5 atom stereocenters. The Morgan fingerprint density at radius 1 is 0.364 bits per heavy atom. The summed E-state index contributed by atoms with van der Waals surface area (Å²) >= 11 is 0. The minimum atomic E-state index is -1.20. The normalized spacial score (nSPS) is 15.9. The van der Waals surface area contributed by atoms with Crippen molar-refractivity contribution in [1.29, 1.82) is 0 Å². The molecule has 2 fully saturated rings. The molecule has 1 aromatic heterocycles. The van der Waals surface area contributed by atoms with Crippen LogP contribution in [0.25, 0.3) is 0 Å². The summed E-state index contributed by atoms with van der Waals surface area (Å²) < 4.78 is 33.6. The van der Waals surface area contributed by atoms with E-state index in [-0.39, 0.29) is 200 Å². The van der Waals surface area contributed by atoms with E-state index in [9.17, 15) is 87.2 Å². The van der Waals surface area contributed by atoms with Crippen molar-refractivity contribution in [3.05, 3.63) is 18.2 Å². The van der Waals surface area contributed by atoms with E-state index in [1.165, 1.54) is 135 Å². The van der Waals surface area contributed by atoms with Gasteiger partial charge in [0.05, 0.1) is 109 Å². The van der Waals surface area contributed by atoms with Crippen LogP contribution >= 0.6 is 0 Å². The third kappa shape index (κ3) is 71.3. The van der Waals surface area contributed by atoms with Crippen LogP contribution in [0.3, 0.4) is 0 Å². The van der Waals surface area contributed by atoms with Gasteiger partial charge in [-0.15, -0.1) is 0 Å². The van der Waals surface area contributed by atoms with Gasteiger partial charge in [-0.05, 0) is 140 Å².